The smallest absolute Gasteiger partial charge is 0.223 e. The predicted molar refractivity (Wildman–Crippen MR) is 133 cm³/mol. The third-order valence-corrected chi connectivity index (χ3v) is 8.35. The minimum atomic E-state index is -1.16. The molecule has 0 saturated carbocycles. The number of aryl methyl sites for hydroxylation is 1. The van der Waals surface area contributed by atoms with Gasteiger partial charge >= 0.3 is 0 Å². The molecule has 190 valence electrons. The van der Waals surface area contributed by atoms with Crippen LogP contribution in [0.25, 0.3) is 6.08 Å². The summed E-state index contributed by atoms with van der Waals surface area (Å²) < 4.78 is 5.91. The number of carbonyl (C=O) groups excluding carboxylic acids is 2. The molecule has 0 aromatic carbocycles. The molecule has 3 N–H and O–H groups in total. The molecular formula is C26H40N2O5S. The van der Waals surface area contributed by atoms with E-state index >= 15 is 0 Å². The number of rotatable bonds is 2. The maximum absolute atomic E-state index is 13.2. The first kappa shape index (κ1) is 27.0. The molecular weight excluding hydrogens is 452 g/mol. The number of ketones is 1. The van der Waals surface area contributed by atoms with E-state index in [1.807, 2.05) is 32.2 Å². The van der Waals surface area contributed by atoms with Gasteiger partial charge in [-0.15, -0.1) is 11.3 Å². The van der Waals surface area contributed by atoms with Gasteiger partial charge in [0.1, 0.15) is 5.78 Å². The van der Waals surface area contributed by atoms with Gasteiger partial charge in [-0.2, -0.15) is 0 Å². The van der Waals surface area contributed by atoms with Crippen LogP contribution in [0.2, 0.25) is 0 Å². The molecule has 2 aliphatic heterocycles. The van der Waals surface area contributed by atoms with E-state index in [1.165, 1.54) is 0 Å². The Morgan fingerprint density at radius 2 is 1.94 bits per heavy atom. The summed E-state index contributed by atoms with van der Waals surface area (Å²) in [5.74, 6) is -1.21. The van der Waals surface area contributed by atoms with Crippen LogP contribution in [0.4, 0.5) is 0 Å². The van der Waals surface area contributed by atoms with Gasteiger partial charge in [-0.05, 0) is 44.3 Å². The molecule has 7 nitrogen and oxygen atoms in total. The molecule has 34 heavy (non-hydrogen) atoms. The quantitative estimate of drug-likeness (QED) is 0.543. The largest absolute Gasteiger partial charge is 0.392 e. The number of hydrogen-bond acceptors (Lipinski definition) is 7. The van der Waals surface area contributed by atoms with Crippen LogP contribution in [0.15, 0.2) is 11.0 Å². The summed E-state index contributed by atoms with van der Waals surface area (Å²) in [5.41, 5.74) is 0.685. The number of ether oxygens (including phenoxy) is 1. The van der Waals surface area contributed by atoms with Crippen LogP contribution in [0.1, 0.15) is 77.4 Å². The van der Waals surface area contributed by atoms with E-state index < -0.39 is 23.5 Å². The van der Waals surface area contributed by atoms with Crippen molar-refractivity contribution in [3.05, 3.63) is 21.7 Å². The summed E-state index contributed by atoms with van der Waals surface area (Å²) >= 11 is 1.58. The maximum Gasteiger partial charge on any atom is 0.223 e. The molecule has 1 unspecified atom stereocenters. The number of hydrogen-bond donors (Lipinski definition) is 3. The number of fused-ring (bicyclic) bond motifs is 1. The van der Waals surface area contributed by atoms with Crippen molar-refractivity contribution in [2.24, 2.45) is 17.3 Å². The molecule has 3 heterocycles. The zero-order valence-electron chi connectivity index (χ0n) is 21.2. The van der Waals surface area contributed by atoms with Crippen LogP contribution in [0.5, 0.6) is 0 Å². The average Bonchev–Trinajstić information content (AvgIpc) is 3.38. The van der Waals surface area contributed by atoms with Gasteiger partial charge < -0.3 is 20.3 Å². The van der Waals surface area contributed by atoms with Crippen molar-refractivity contribution < 1.29 is 24.5 Å². The molecule has 0 radical (unpaired) electrons. The number of aromatic nitrogens is 1. The predicted octanol–water partition coefficient (Wildman–Crippen LogP) is 3.66. The van der Waals surface area contributed by atoms with Crippen molar-refractivity contribution >= 4 is 29.1 Å². The lowest BCUT2D eigenvalue weighted by molar-refractivity contribution is -0.143. The van der Waals surface area contributed by atoms with E-state index in [1.54, 1.807) is 32.1 Å². The van der Waals surface area contributed by atoms with Crippen molar-refractivity contribution in [2.45, 2.75) is 104 Å². The van der Waals surface area contributed by atoms with Crippen molar-refractivity contribution in [1.82, 2.24) is 10.3 Å². The lowest BCUT2D eigenvalue weighted by Crippen LogP contribution is -2.47. The Labute approximate surface area is 207 Å². The molecule has 0 aliphatic carbocycles. The van der Waals surface area contributed by atoms with Crippen LogP contribution < -0.4 is 5.32 Å². The third kappa shape index (κ3) is 6.53. The van der Waals surface area contributed by atoms with Gasteiger partial charge in [0, 0.05) is 17.7 Å². The second-order valence-corrected chi connectivity index (χ2v) is 11.8. The molecule has 3 rings (SSSR count). The van der Waals surface area contributed by atoms with Crippen molar-refractivity contribution in [3.63, 3.8) is 0 Å². The fourth-order valence-corrected chi connectivity index (χ4v) is 5.48. The maximum atomic E-state index is 13.2. The van der Waals surface area contributed by atoms with Crippen LogP contribution in [-0.4, -0.2) is 57.3 Å². The Hall–Kier alpha value is -1.61. The van der Waals surface area contributed by atoms with Crippen molar-refractivity contribution in [2.75, 3.05) is 0 Å². The lowest BCUT2D eigenvalue weighted by Gasteiger charge is -2.34. The van der Waals surface area contributed by atoms with Crippen LogP contribution in [-0.2, 0) is 14.3 Å². The molecule has 8 heteroatoms. The van der Waals surface area contributed by atoms with E-state index in [9.17, 15) is 19.8 Å². The Morgan fingerprint density at radius 1 is 1.24 bits per heavy atom. The second kappa shape index (κ2) is 11.0. The Bertz CT molecular complexity index is 911. The monoisotopic (exact) mass is 492 g/mol. The van der Waals surface area contributed by atoms with Crippen LogP contribution >= 0.6 is 11.3 Å². The average molecular weight is 493 g/mol. The van der Waals surface area contributed by atoms with Gasteiger partial charge in [0.05, 0.1) is 53.0 Å². The summed E-state index contributed by atoms with van der Waals surface area (Å²) in [4.78, 5) is 30.6. The number of aliphatic hydroxyl groups excluding tert-OH is 2. The third-order valence-electron chi connectivity index (χ3n) is 7.56. The van der Waals surface area contributed by atoms with Gasteiger partial charge in [-0.1, -0.05) is 34.1 Å². The molecule has 2 saturated heterocycles. The fraction of sp³-hybridized carbons (Fsp3) is 0.731. The molecule has 0 bridgehead atoms. The highest BCUT2D eigenvalue weighted by Crippen LogP contribution is 2.35. The summed E-state index contributed by atoms with van der Waals surface area (Å²) in [6.45, 7) is 10.9. The van der Waals surface area contributed by atoms with Gasteiger partial charge in [0.25, 0.3) is 0 Å². The standard InChI is InChI=1S/C26H40N2O5S/c1-14-8-7-9-20-21(33-20)11-19(15(2)10-18-13-34-17(4)27-18)28-23(30)12-22(29)26(5,6)25(32)16(3)24(14)31/h10,13-14,16,19-22,24,29,31H,7-9,11-12H2,1-6H3,(H,28,30)/t14-,16+,19-,20+,21?,22-,24-/m0/s1. The zero-order valence-corrected chi connectivity index (χ0v) is 22.0. The SMILES string of the molecule is CC(=Cc1csc(C)n1)[C@@H]1CC2O[C@@H]2CCC[C@H](C)[C@H](O)[C@@H](C)C(=O)C(C)(C)[C@@H](O)CC(=O)N1. The first-order valence-electron chi connectivity index (χ1n) is 12.4. The van der Waals surface area contributed by atoms with E-state index in [0.717, 1.165) is 35.5 Å². The number of thiazole rings is 1. The second-order valence-electron chi connectivity index (χ2n) is 10.7. The summed E-state index contributed by atoms with van der Waals surface area (Å²) in [6, 6.07) is -0.247. The zero-order chi connectivity index (χ0) is 25.2. The number of nitrogens with one attached hydrogen (secondary N) is 1. The topological polar surface area (TPSA) is 112 Å². The minimum absolute atomic E-state index is 0.0419. The normalized spacial score (nSPS) is 36.0. The highest BCUT2D eigenvalue weighted by Gasteiger charge is 2.44. The molecule has 7 atom stereocenters. The molecule has 1 aromatic rings. The van der Waals surface area contributed by atoms with Crippen molar-refractivity contribution in [3.8, 4) is 0 Å². The summed E-state index contributed by atoms with van der Waals surface area (Å²) in [5, 5.41) is 27.7. The van der Waals surface area contributed by atoms with E-state index in [2.05, 4.69) is 10.3 Å². The molecule has 2 aliphatic rings. The number of Topliss-reactive ketones (excluding diaryl/α,β-unsaturated/α-hetero) is 1. The summed E-state index contributed by atoms with van der Waals surface area (Å²) in [7, 11) is 0. The first-order valence-corrected chi connectivity index (χ1v) is 13.2. The lowest BCUT2D eigenvalue weighted by atomic mass is 9.73. The fourth-order valence-electron chi connectivity index (χ4n) is 4.91. The Kier molecular flexibility index (Phi) is 8.71. The molecule has 1 aromatic heterocycles. The Balaban J connectivity index is 1.81. The molecule has 2 fully saturated rings. The van der Waals surface area contributed by atoms with Gasteiger partial charge in [-0.25, -0.2) is 4.98 Å². The number of carbonyl (C=O) groups is 2. The highest BCUT2D eigenvalue weighted by atomic mass is 32.1. The van der Waals surface area contributed by atoms with Gasteiger partial charge in [0.15, 0.2) is 0 Å². The van der Waals surface area contributed by atoms with Gasteiger partial charge in [0.2, 0.25) is 5.91 Å². The van der Waals surface area contributed by atoms with Crippen molar-refractivity contribution in [1.29, 1.82) is 0 Å². The highest BCUT2D eigenvalue weighted by molar-refractivity contribution is 7.09. The molecule has 1 amide bonds. The first-order chi connectivity index (χ1) is 15.9. The van der Waals surface area contributed by atoms with E-state index in [-0.39, 0.29) is 42.3 Å². The number of amides is 1. The van der Waals surface area contributed by atoms with Crippen LogP contribution in [0, 0.1) is 24.2 Å². The Morgan fingerprint density at radius 3 is 2.59 bits per heavy atom. The number of nitrogens with zero attached hydrogens (tertiary/aromatic N) is 1. The minimum Gasteiger partial charge on any atom is -0.392 e. The number of epoxide rings is 1. The number of aliphatic hydroxyl groups is 2. The summed E-state index contributed by atoms with van der Waals surface area (Å²) in [6.07, 6.45) is 3.31. The van der Waals surface area contributed by atoms with E-state index in [0.29, 0.717) is 6.42 Å². The van der Waals surface area contributed by atoms with Crippen LogP contribution in [0.3, 0.4) is 0 Å². The molecule has 0 spiro atoms. The van der Waals surface area contributed by atoms with Gasteiger partial charge in [-0.3, -0.25) is 9.59 Å². The van der Waals surface area contributed by atoms with E-state index in [4.69, 9.17) is 4.74 Å².